The van der Waals surface area contributed by atoms with Crippen LogP contribution in [0.5, 0.6) is 0 Å². The summed E-state index contributed by atoms with van der Waals surface area (Å²) in [7, 11) is 1.87. The molecule has 23 heavy (non-hydrogen) atoms. The van der Waals surface area contributed by atoms with Gasteiger partial charge in [-0.3, -0.25) is 4.99 Å². The summed E-state index contributed by atoms with van der Waals surface area (Å²) in [5, 5.41) is 7.08. The van der Waals surface area contributed by atoms with Crippen molar-refractivity contribution in [1.82, 2.24) is 15.5 Å². The number of aliphatic imine (C=N–C) groups is 1. The summed E-state index contributed by atoms with van der Waals surface area (Å²) in [6.45, 7) is 15.0. The molecular weight excluding hydrogens is 284 g/mol. The predicted molar refractivity (Wildman–Crippen MR) is 102 cm³/mol. The Morgan fingerprint density at radius 1 is 1.17 bits per heavy atom. The van der Waals surface area contributed by atoms with E-state index >= 15 is 0 Å². The van der Waals surface area contributed by atoms with E-state index in [1.807, 2.05) is 7.05 Å². The van der Waals surface area contributed by atoms with Crippen LogP contribution in [0.2, 0.25) is 0 Å². The van der Waals surface area contributed by atoms with Crippen LogP contribution in [0.4, 0.5) is 0 Å². The van der Waals surface area contributed by atoms with Gasteiger partial charge in [0.2, 0.25) is 0 Å². The number of nitrogens with zero attached hydrogens (tertiary/aromatic N) is 2. The second kappa shape index (κ2) is 10.9. The third-order valence-electron chi connectivity index (χ3n) is 4.86. The molecule has 0 bridgehead atoms. The van der Waals surface area contributed by atoms with Crippen molar-refractivity contribution in [3.05, 3.63) is 0 Å². The van der Waals surface area contributed by atoms with Gasteiger partial charge in [-0.25, -0.2) is 0 Å². The van der Waals surface area contributed by atoms with Crippen molar-refractivity contribution in [1.29, 1.82) is 0 Å². The standard InChI is InChI=1S/C19H40N4/c1-15(2)9-7-10-17(5)22-19(20-6)21-13-18-11-8-12-23(14-18)16(3)4/h15-18H,7-14H2,1-6H3,(H2,20,21,22). The van der Waals surface area contributed by atoms with Crippen molar-refractivity contribution in [2.24, 2.45) is 16.8 Å². The van der Waals surface area contributed by atoms with Gasteiger partial charge in [0.1, 0.15) is 0 Å². The lowest BCUT2D eigenvalue weighted by Gasteiger charge is -2.35. The summed E-state index contributed by atoms with van der Waals surface area (Å²) < 4.78 is 0. The van der Waals surface area contributed by atoms with Crippen LogP contribution in [0.25, 0.3) is 0 Å². The minimum absolute atomic E-state index is 0.485. The minimum atomic E-state index is 0.485. The molecule has 1 rings (SSSR count). The molecule has 1 fully saturated rings. The van der Waals surface area contributed by atoms with Gasteiger partial charge in [-0.2, -0.15) is 0 Å². The summed E-state index contributed by atoms with van der Waals surface area (Å²) in [6, 6.07) is 1.15. The highest BCUT2D eigenvalue weighted by molar-refractivity contribution is 5.79. The van der Waals surface area contributed by atoms with E-state index in [0.29, 0.717) is 12.1 Å². The normalized spacial score (nSPS) is 21.7. The molecule has 0 aromatic heterocycles. The molecule has 0 aromatic rings. The second-order valence-electron chi connectivity index (χ2n) is 7.92. The lowest BCUT2D eigenvalue weighted by atomic mass is 9.97. The maximum atomic E-state index is 4.39. The van der Waals surface area contributed by atoms with E-state index in [-0.39, 0.29) is 0 Å². The third kappa shape index (κ3) is 8.59. The fourth-order valence-electron chi connectivity index (χ4n) is 3.31. The maximum absolute atomic E-state index is 4.39. The Bertz CT molecular complexity index is 338. The smallest absolute Gasteiger partial charge is 0.191 e. The van der Waals surface area contributed by atoms with Crippen molar-refractivity contribution in [3.63, 3.8) is 0 Å². The van der Waals surface area contributed by atoms with E-state index in [0.717, 1.165) is 24.3 Å². The van der Waals surface area contributed by atoms with Crippen LogP contribution in [-0.4, -0.2) is 49.6 Å². The third-order valence-corrected chi connectivity index (χ3v) is 4.86. The highest BCUT2D eigenvalue weighted by Gasteiger charge is 2.21. The van der Waals surface area contributed by atoms with Crippen molar-refractivity contribution >= 4 is 5.96 Å². The minimum Gasteiger partial charge on any atom is -0.356 e. The van der Waals surface area contributed by atoms with E-state index in [2.05, 4.69) is 55.1 Å². The molecule has 1 saturated heterocycles. The van der Waals surface area contributed by atoms with Crippen LogP contribution in [0.1, 0.15) is 66.7 Å². The van der Waals surface area contributed by atoms with Crippen LogP contribution in [-0.2, 0) is 0 Å². The zero-order chi connectivity index (χ0) is 17.2. The highest BCUT2D eigenvalue weighted by Crippen LogP contribution is 2.17. The van der Waals surface area contributed by atoms with Gasteiger partial charge < -0.3 is 15.5 Å². The fourth-order valence-corrected chi connectivity index (χ4v) is 3.31. The summed E-state index contributed by atoms with van der Waals surface area (Å²) in [4.78, 5) is 6.99. The molecule has 0 amide bonds. The quantitative estimate of drug-likeness (QED) is 0.530. The van der Waals surface area contributed by atoms with Gasteiger partial charge in [0.05, 0.1) is 0 Å². The molecule has 1 aliphatic rings. The lowest BCUT2D eigenvalue weighted by molar-refractivity contribution is 0.141. The summed E-state index contributed by atoms with van der Waals surface area (Å²) in [5.74, 6) is 2.50. The number of hydrogen-bond acceptors (Lipinski definition) is 2. The number of likely N-dealkylation sites (tertiary alicyclic amines) is 1. The van der Waals surface area contributed by atoms with Crippen LogP contribution in [0.3, 0.4) is 0 Å². The number of nitrogens with one attached hydrogen (secondary N) is 2. The van der Waals surface area contributed by atoms with Gasteiger partial charge in [0, 0.05) is 32.2 Å². The first-order chi connectivity index (χ1) is 10.9. The van der Waals surface area contributed by atoms with Crippen LogP contribution in [0.15, 0.2) is 4.99 Å². The predicted octanol–water partition coefficient (Wildman–Crippen LogP) is 3.49. The molecule has 0 saturated carbocycles. The average Bonchev–Trinajstić information content (AvgIpc) is 2.51. The maximum Gasteiger partial charge on any atom is 0.191 e. The first kappa shape index (κ1) is 20.3. The van der Waals surface area contributed by atoms with Gasteiger partial charge in [-0.1, -0.05) is 26.7 Å². The monoisotopic (exact) mass is 324 g/mol. The zero-order valence-electron chi connectivity index (χ0n) is 16.4. The van der Waals surface area contributed by atoms with Crippen molar-refractivity contribution in [3.8, 4) is 0 Å². The molecule has 2 N–H and O–H groups in total. The van der Waals surface area contributed by atoms with E-state index < -0.39 is 0 Å². The molecule has 2 atom stereocenters. The Hall–Kier alpha value is -0.770. The lowest BCUT2D eigenvalue weighted by Crippen LogP contribution is -2.47. The molecule has 136 valence electrons. The molecule has 4 nitrogen and oxygen atoms in total. The number of piperidine rings is 1. The second-order valence-corrected chi connectivity index (χ2v) is 7.92. The van der Waals surface area contributed by atoms with Crippen LogP contribution >= 0.6 is 0 Å². The first-order valence-electron chi connectivity index (χ1n) is 9.63. The number of guanidine groups is 1. The molecule has 1 aliphatic heterocycles. The van der Waals surface area contributed by atoms with Crippen LogP contribution < -0.4 is 10.6 Å². The fraction of sp³-hybridized carbons (Fsp3) is 0.947. The molecule has 4 heteroatoms. The van der Waals surface area contributed by atoms with Gasteiger partial charge in [0.25, 0.3) is 0 Å². The Morgan fingerprint density at radius 2 is 1.91 bits per heavy atom. The molecule has 1 heterocycles. The Morgan fingerprint density at radius 3 is 2.52 bits per heavy atom. The van der Waals surface area contributed by atoms with Crippen molar-refractivity contribution in [2.45, 2.75) is 78.8 Å². The van der Waals surface area contributed by atoms with Gasteiger partial charge in [-0.15, -0.1) is 0 Å². The molecule has 0 aliphatic carbocycles. The molecule has 2 unspecified atom stereocenters. The zero-order valence-corrected chi connectivity index (χ0v) is 16.4. The molecule has 0 spiro atoms. The Balaban J connectivity index is 2.28. The summed E-state index contributed by atoms with van der Waals surface area (Å²) in [5.41, 5.74) is 0. The Labute approximate surface area is 144 Å². The largest absolute Gasteiger partial charge is 0.356 e. The Kier molecular flexibility index (Phi) is 9.61. The highest BCUT2D eigenvalue weighted by atomic mass is 15.2. The van der Waals surface area contributed by atoms with E-state index in [9.17, 15) is 0 Å². The van der Waals surface area contributed by atoms with Crippen molar-refractivity contribution < 1.29 is 0 Å². The van der Waals surface area contributed by atoms with E-state index in [1.165, 1.54) is 45.2 Å². The van der Waals surface area contributed by atoms with Crippen LogP contribution in [0, 0.1) is 11.8 Å². The average molecular weight is 325 g/mol. The molecule has 0 aromatic carbocycles. The van der Waals surface area contributed by atoms with Crippen molar-refractivity contribution in [2.75, 3.05) is 26.7 Å². The van der Waals surface area contributed by atoms with E-state index in [1.54, 1.807) is 0 Å². The number of rotatable bonds is 8. The SMILES string of the molecule is CN=C(NCC1CCCN(C(C)C)C1)NC(C)CCCC(C)C. The summed E-state index contributed by atoms with van der Waals surface area (Å²) >= 11 is 0. The molecule has 0 radical (unpaired) electrons. The van der Waals surface area contributed by atoms with Gasteiger partial charge in [0.15, 0.2) is 5.96 Å². The van der Waals surface area contributed by atoms with E-state index in [4.69, 9.17) is 0 Å². The van der Waals surface area contributed by atoms with Gasteiger partial charge >= 0.3 is 0 Å². The summed E-state index contributed by atoms with van der Waals surface area (Å²) in [6.07, 6.45) is 6.46. The first-order valence-corrected chi connectivity index (χ1v) is 9.63. The van der Waals surface area contributed by atoms with Gasteiger partial charge in [-0.05, 0) is 58.4 Å². The molecular formula is C19H40N4. The topological polar surface area (TPSA) is 39.7 Å². The number of hydrogen-bond donors (Lipinski definition) is 2.